The van der Waals surface area contributed by atoms with Gasteiger partial charge in [0.05, 0.1) is 5.69 Å². The third-order valence-corrected chi connectivity index (χ3v) is 3.52. The number of nitrogens with zero attached hydrogens (tertiary/aromatic N) is 3. The van der Waals surface area contributed by atoms with Gasteiger partial charge in [-0.1, -0.05) is 13.0 Å². The molecule has 0 aromatic carbocycles. The number of anilines is 1. The normalized spacial score (nSPS) is 20.4. The Morgan fingerprint density at radius 2 is 2.35 bits per heavy atom. The van der Waals surface area contributed by atoms with E-state index in [1.165, 1.54) is 6.42 Å². The minimum Gasteiger partial charge on any atom is -0.355 e. The number of rotatable bonds is 2. The Balaban J connectivity index is 2.09. The highest BCUT2D eigenvalue weighted by Gasteiger charge is 2.23. The van der Waals surface area contributed by atoms with Gasteiger partial charge in [-0.25, -0.2) is 4.98 Å². The molecule has 0 amide bonds. The first-order valence-electron chi connectivity index (χ1n) is 6.20. The molecule has 4 heteroatoms. The third kappa shape index (κ3) is 1.69. The molecule has 0 bridgehead atoms. The number of hydrogen-bond donors (Lipinski definition) is 1. The van der Waals surface area contributed by atoms with Gasteiger partial charge in [-0.3, -0.25) is 0 Å². The molecule has 0 spiro atoms. The van der Waals surface area contributed by atoms with E-state index in [2.05, 4.69) is 16.2 Å². The minimum atomic E-state index is 0.533. The van der Waals surface area contributed by atoms with Crippen molar-refractivity contribution in [2.24, 2.45) is 11.7 Å². The minimum absolute atomic E-state index is 0.533. The van der Waals surface area contributed by atoms with Crippen molar-refractivity contribution in [3.8, 4) is 0 Å². The average molecular weight is 230 g/mol. The van der Waals surface area contributed by atoms with E-state index in [4.69, 9.17) is 10.7 Å². The van der Waals surface area contributed by atoms with Crippen LogP contribution in [0.25, 0.3) is 5.65 Å². The number of fused-ring (bicyclic) bond motifs is 1. The van der Waals surface area contributed by atoms with Crippen LogP contribution in [0, 0.1) is 5.92 Å². The summed E-state index contributed by atoms with van der Waals surface area (Å²) in [6, 6.07) is 6.06. The smallest absolute Gasteiger partial charge is 0.152 e. The summed E-state index contributed by atoms with van der Waals surface area (Å²) < 4.78 is 2.10. The first kappa shape index (κ1) is 10.6. The lowest BCUT2D eigenvalue weighted by atomic mass is 10.2. The zero-order valence-corrected chi connectivity index (χ0v) is 10.1. The predicted molar refractivity (Wildman–Crippen MR) is 69.1 cm³/mol. The van der Waals surface area contributed by atoms with Crippen LogP contribution in [-0.2, 0) is 6.54 Å². The molecule has 2 N–H and O–H groups in total. The van der Waals surface area contributed by atoms with Crippen molar-refractivity contribution in [1.82, 2.24) is 9.38 Å². The lowest BCUT2D eigenvalue weighted by Crippen LogP contribution is -2.21. The van der Waals surface area contributed by atoms with E-state index >= 15 is 0 Å². The van der Waals surface area contributed by atoms with Gasteiger partial charge in [0.15, 0.2) is 5.82 Å². The van der Waals surface area contributed by atoms with Gasteiger partial charge in [0, 0.05) is 25.8 Å². The van der Waals surface area contributed by atoms with E-state index in [1.54, 1.807) is 0 Å². The van der Waals surface area contributed by atoms with Crippen LogP contribution in [0.15, 0.2) is 24.4 Å². The highest BCUT2D eigenvalue weighted by molar-refractivity contribution is 5.56. The lowest BCUT2D eigenvalue weighted by molar-refractivity contribution is 0.658. The molecule has 0 aliphatic carbocycles. The molecule has 0 radical (unpaired) electrons. The zero-order valence-electron chi connectivity index (χ0n) is 10.1. The van der Waals surface area contributed by atoms with Gasteiger partial charge in [-0.05, 0) is 24.5 Å². The molecule has 0 saturated carbocycles. The van der Waals surface area contributed by atoms with E-state index in [0.717, 1.165) is 36.2 Å². The van der Waals surface area contributed by atoms with Crippen molar-refractivity contribution in [1.29, 1.82) is 0 Å². The van der Waals surface area contributed by atoms with Gasteiger partial charge < -0.3 is 15.0 Å². The maximum atomic E-state index is 5.88. The lowest BCUT2D eigenvalue weighted by Gasteiger charge is -2.16. The van der Waals surface area contributed by atoms with Gasteiger partial charge >= 0.3 is 0 Å². The highest BCUT2D eigenvalue weighted by Crippen LogP contribution is 2.26. The quantitative estimate of drug-likeness (QED) is 0.853. The summed E-state index contributed by atoms with van der Waals surface area (Å²) in [5.41, 5.74) is 7.98. The number of hydrogen-bond acceptors (Lipinski definition) is 3. The highest BCUT2D eigenvalue weighted by atomic mass is 15.2. The fraction of sp³-hybridized carbons (Fsp3) is 0.462. The molecular formula is C13H18N4. The molecule has 1 aliphatic rings. The Hall–Kier alpha value is -1.55. The zero-order chi connectivity index (χ0) is 11.8. The number of imidazole rings is 1. The van der Waals surface area contributed by atoms with Crippen LogP contribution < -0.4 is 10.6 Å². The van der Waals surface area contributed by atoms with Crippen LogP contribution in [0.3, 0.4) is 0 Å². The molecule has 4 nitrogen and oxygen atoms in total. The second-order valence-electron chi connectivity index (χ2n) is 4.85. The summed E-state index contributed by atoms with van der Waals surface area (Å²) in [6.45, 7) is 5.01. The van der Waals surface area contributed by atoms with E-state index in [0.29, 0.717) is 6.54 Å². The monoisotopic (exact) mass is 230 g/mol. The van der Waals surface area contributed by atoms with Crippen LogP contribution in [0.2, 0.25) is 0 Å². The van der Waals surface area contributed by atoms with Crippen molar-refractivity contribution < 1.29 is 0 Å². The van der Waals surface area contributed by atoms with Gasteiger partial charge in [-0.15, -0.1) is 0 Å². The summed E-state index contributed by atoms with van der Waals surface area (Å²) in [6.07, 6.45) is 3.28. The molecule has 1 atom stereocenters. The molecule has 2 aromatic rings. The third-order valence-electron chi connectivity index (χ3n) is 3.52. The fourth-order valence-electron chi connectivity index (χ4n) is 2.60. The van der Waals surface area contributed by atoms with Crippen molar-refractivity contribution in [3.63, 3.8) is 0 Å². The summed E-state index contributed by atoms with van der Waals surface area (Å²) in [4.78, 5) is 7.07. The Labute approximate surface area is 101 Å². The van der Waals surface area contributed by atoms with Crippen molar-refractivity contribution in [3.05, 3.63) is 30.1 Å². The van der Waals surface area contributed by atoms with Gasteiger partial charge in [0.25, 0.3) is 0 Å². The molecule has 3 rings (SSSR count). The SMILES string of the molecule is CC1CCN(c2nc3ccccn3c2CN)C1. The fourth-order valence-corrected chi connectivity index (χ4v) is 2.60. The molecule has 3 heterocycles. The van der Waals surface area contributed by atoms with Crippen LogP contribution >= 0.6 is 0 Å². The van der Waals surface area contributed by atoms with E-state index in [-0.39, 0.29) is 0 Å². The topological polar surface area (TPSA) is 46.6 Å². The molecule has 1 aliphatic heterocycles. The summed E-state index contributed by atoms with van der Waals surface area (Å²) in [5.74, 6) is 1.83. The first-order valence-corrected chi connectivity index (χ1v) is 6.20. The standard InChI is InChI=1S/C13H18N4/c1-10-5-7-16(9-10)13-11(8-14)17-6-3-2-4-12(17)15-13/h2-4,6,10H,5,7-9,14H2,1H3. The molecule has 17 heavy (non-hydrogen) atoms. The second-order valence-corrected chi connectivity index (χ2v) is 4.85. The summed E-state index contributed by atoms with van der Waals surface area (Å²) >= 11 is 0. The van der Waals surface area contributed by atoms with E-state index in [1.807, 2.05) is 24.4 Å². The van der Waals surface area contributed by atoms with Crippen LogP contribution in [-0.4, -0.2) is 22.5 Å². The van der Waals surface area contributed by atoms with Crippen LogP contribution in [0.4, 0.5) is 5.82 Å². The second kappa shape index (κ2) is 4.04. The van der Waals surface area contributed by atoms with Gasteiger partial charge in [0.2, 0.25) is 0 Å². The molecule has 1 unspecified atom stereocenters. The molecule has 1 fully saturated rings. The maximum Gasteiger partial charge on any atom is 0.152 e. The maximum absolute atomic E-state index is 5.88. The van der Waals surface area contributed by atoms with Crippen LogP contribution in [0.1, 0.15) is 19.0 Å². The average Bonchev–Trinajstić information content (AvgIpc) is 2.91. The number of nitrogens with two attached hydrogens (primary N) is 1. The molecule has 1 saturated heterocycles. The Bertz CT molecular complexity index is 531. The van der Waals surface area contributed by atoms with E-state index < -0.39 is 0 Å². The predicted octanol–water partition coefficient (Wildman–Crippen LogP) is 1.64. The number of pyridine rings is 1. The van der Waals surface area contributed by atoms with Gasteiger partial charge in [0.1, 0.15) is 5.65 Å². The Morgan fingerprint density at radius 1 is 1.47 bits per heavy atom. The Morgan fingerprint density at radius 3 is 3.06 bits per heavy atom. The van der Waals surface area contributed by atoms with Crippen molar-refractivity contribution in [2.75, 3.05) is 18.0 Å². The largest absolute Gasteiger partial charge is 0.355 e. The van der Waals surface area contributed by atoms with Gasteiger partial charge in [-0.2, -0.15) is 0 Å². The van der Waals surface area contributed by atoms with E-state index in [9.17, 15) is 0 Å². The summed E-state index contributed by atoms with van der Waals surface area (Å²) in [7, 11) is 0. The van der Waals surface area contributed by atoms with Crippen molar-refractivity contribution >= 4 is 11.5 Å². The summed E-state index contributed by atoms with van der Waals surface area (Å²) in [5, 5.41) is 0. The first-order chi connectivity index (χ1) is 8.29. The molecule has 90 valence electrons. The molecular weight excluding hydrogens is 212 g/mol. The number of aromatic nitrogens is 2. The van der Waals surface area contributed by atoms with Crippen LogP contribution in [0.5, 0.6) is 0 Å². The molecule has 2 aromatic heterocycles. The van der Waals surface area contributed by atoms with Crippen molar-refractivity contribution in [2.45, 2.75) is 19.9 Å². The Kier molecular flexibility index (Phi) is 2.52.